The Labute approximate surface area is 176 Å². The van der Waals surface area contributed by atoms with Gasteiger partial charge < -0.3 is 10.6 Å². The minimum Gasteiger partial charge on any atom is -0.355 e. The highest BCUT2D eigenvalue weighted by molar-refractivity contribution is 6.30. The van der Waals surface area contributed by atoms with Gasteiger partial charge in [0.2, 0.25) is 5.91 Å². The van der Waals surface area contributed by atoms with Crippen molar-refractivity contribution in [3.63, 3.8) is 0 Å². The number of carbonyl (C=O) groups is 2. The Hall–Kier alpha value is -2.41. The average Bonchev–Trinajstić information content (AvgIpc) is 2.94. The van der Waals surface area contributed by atoms with E-state index in [1.54, 1.807) is 31.3 Å². The van der Waals surface area contributed by atoms with Gasteiger partial charge in [-0.25, -0.2) is 0 Å². The number of halogens is 1. The normalized spacial score (nSPS) is 15.5. The molecular formula is C22H27ClN4O2. The monoisotopic (exact) mass is 414 g/mol. The summed E-state index contributed by atoms with van der Waals surface area (Å²) >= 11 is 5.96. The number of hydrogen-bond donors (Lipinski definition) is 2. The molecule has 29 heavy (non-hydrogen) atoms. The SMILES string of the molecule is CNC(=O)c1ccc(NC(=O)CN2CCCN(Cc3ccc(Cl)cc3)CC2)cc1. The summed E-state index contributed by atoms with van der Waals surface area (Å²) in [6, 6.07) is 14.9. The largest absolute Gasteiger partial charge is 0.355 e. The Morgan fingerprint density at radius 1 is 0.931 bits per heavy atom. The molecule has 2 N–H and O–H groups in total. The number of nitrogens with zero attached hydrogens (tertiary/aromatic N) is 2. The van der Waals surface area contributed by atoms with Crippen LogP contribution in [0.1, 0.15) is 22.3 Å². The Bertz CT molecular complexity index is 824. The van der Waals surface area contributed by atoms with E-state index in [1.165, 1.54) is 5.56 Å². The average molecular weight is 415 g/mol. The Morgan fingerprint density at radius 3 is 2.28 bits per heavy atom. The molecule has 2 aromatic carbocycles. The number of carbonyl (C=O) groups excluding carboxylic acids is 2. The van der Waals surface area contributed by atoms with Crippen LogP contribution < -0.4 is 10.6 Å². The zero-order valence-corrected chi connectivity index (χ0v) is 17.4. The third-order valence-electron chi connectivity index (χ3n) is 5.03. The van der Waals surface area contributed by atoms with E-state index in [9.17, 15) is 9.59 Å². The van der Waals surface area contributed by atoms with Gasteiger partial charge in [-0.1, -0.05) is 23.7 Å². The molecule has 0 saturated carbocycles. The standard InChI is InChI=1S/C22H27ClN4O2/c1-24-22(29)18-5-9-20(10-6-18)25-21(28)16-27-12-2-11-26(13-14-27)15-17-3-7-19(23)8-4-17/h3-10H,2,11-16H2,1H3,(H,24,29)(H,25,28). The Kier molecular flexibility index (Phi) is 7.63. The molecule has 0 unspecified atom stereocenters. The van der Waals surface area contributed by atoms with Gasteiger partial charge in [0.05, 0.1) is 6.54 Å². The van der Waals surface area contributed by atoms with Crippen LogP contribution in [-0.2, 0) is 11.3 Å². The molecule has 0 bridgehead atoms. The molecule has 6 nitrogen and oxygen atoms in total. The van der Waals surface area contributed by atoms with Crippen molar-refractivity contribution in [2.45, 2.75) is 13.0 Å². The van der Waals surface area contributed by atoms with Crippen LogP contribution in [0.5, 0.6) is 0 Å². The van der Waals surface area contributed by atoms with Crippen molar-refractivity contribution in [2.75, 3.05) is 45.1 Å². The molecule has 0 aliphatic carbocycles. The number of rotatable bonds is 6. The third kappa shape index (κ3) is 6.56. The Balaban J connectivity index is 1.46. The summed E-state index contributed by atoms with van der Waals surface area (Å²) in [5.41, 5.74) is 2.52. The van der Waals surface area contributed by atoms with Crippen molar-refractivity contribution < 1.29 is 9.59 Å². The van der Waals surface area contributed by atoms with E-state index in [0.29, 0.717) is 17.8 Å². The molecule has 2 aromatic rings. The van der Waals surface area contributed by atoms with Crippen molar-refractivity contribution in [1.29, 1.82) is 0 Å². The fourth-order valence-corrected chi connectivity index (χ4v) is 3.57. The van der Waals surface area contributed by atoms with Gasteiger partial charge in [0.15, 0.2) is 0 Å². The topological polar surface area (TPSA) is 64.7 Å². The van der Waals surface area contributed by atoms with Crippen molar-refractivity contribution >= 4 is 29.1 Å². The molecule has 7 heteroatoms. The van der Waals surface area contributed by atoms with Gasteiger partial charge in [-0.3, -0.25) is 19.4 Å². The highest BCUT2D eigenvalue weighted by atomic mass is 35.5. The number of nitrogens with one attached hydrogen (secondary N) is 2. The van der Waals surface area contributed by atoms with Gasteiger partial charge in [0, 0.05) is 43.0 Å². The van der Waals surface area contributed by atoms with Gasteiger partial charge in [-0.15, -0.1) is 0 Å². The smallest absolute Gasteiger partial charge is 0.251 e. The number of anilines is 1. The van der Waals surface area contributed by atoms with E-state index in [0.717, 1.165) is 44.2 Å². The quantitative estimate of drug-likeness (QED) is 0.762. The molecule has 1 aliphatic heterocycles. The summed E-state index contributed by atoms with van der Waals surface area (Å²) in [4.78, 5) is 28.6. The zero-order chi connectivity index (χ0) is 20.6. The van der Waals surface area contributed by atoms with Crippen LogP contribution in [0.15, 0.2) is 48.5 Å². The molecular weight excluding hydrogens is 388 g/mol. The highest BCUT2D eigenvalue weighted by Crippen LogP contribution is 2.14. The van der Waals surface area contributed by atoms with Gasteiger partial charge in [-0.05, 0) is 61.5 Å². The number of hydrogen-bond acceptors (Lipinski definition) is 4. The molecule has 0 atom stereocenters. The van der Waals surface area contributed by atoms with Crippen molar-refractivity contribution in [3.8, 4) is 0 Å². The lowest BCUT2D eigenvalue weighted by Gasteiger charge is -2.21. The maximum absolute atomic E-state index is 12.4. The molecule has 0 spiro atoms. The molecule has 1 saturated heterocycles. The van der Waals surface area contributed by atoms with Gasteiger partial charge in [0.25, 0.3) is 5.91 Å². The lowest BCUT2D eigenvalue weighted by atomic mass is 10.2. The molecule has 3 rings (SSSR count). The van der Waals surface area contributed by atoms with E-state index in [1.807, 2.05) is 12.1 Å². The predicted molar refractivity (Wildman–Crippen MR) is 116 cm³/mol. The summed E-state index contributed by atoms with van der Waals surface area (Å²) in [7, 11) is 1.59. The molecule has 0 aromatic heterocycles. The summed E-state index contributed by atoms with van der Waals surface area (Å²) in [5.74, 6) is -0.181. The summed E-state index contributed by atoms with van der Waals surface area (Å²) in [6.07, 6.45) is 1.03. The summed E-state index contributed by atoms with van der Waals surface area (Å²) in [6.45, 7) is 4.97. The molecule has 1 heterocycles. The van der Waals surface area contributed by atoms with Crippen LogP contribution in [0.4, 0.5) is 5.69 Å². The molecule has 1 aliphatic rings. The maximum atomic E-state index is 12.4. The van der Waals surface area contributed by atoms with E-state index in [2.05, 4.69) is 32.6 Å². The molecule has 2 amide bonds. The third-order valence-corrected chi connectivity index (χ3v) is 5.28. The van der Waals surface area contributed by atoms with Gasteiger partial charge >= 0.3 is 0 Å². The van der Waals surface area contributed by atoms with Crippen molar-refractivity contribution in [1.82, 2.24) is 15.1 Å². The van der Waals surface area contributed by atoms with Crippen LogP contribution >= 0.6 is 11.6 Å². The van der Waals surface area contributed by atoms with Gasteiger partial charge in [-0.2, -0.15) is 0 Å². The molecule has 154 valence electrons. The second-order valence-corrected chi connectivity index (χ2v) is 7.67. The van der Waals surface area contributed by atoms with Crippen LogP contribution in [0.3, 0.4) is 0 Å². The van der Waals surface area contributed by atoms with Crippen LogP contribution in [0, 0.1) is 0 Å². The predicted octanol–water partition coefficient (Wildman–Crippen LogP) is 2.85. The highest BCUT2D eigenvalue weighted by Gasteiger charge is 2.17. The van der Waals surface area contributed by atoms with Crippen molar-refractivity contribution in [2.24, 2.45) is 0 Å². The number of benzene rings is 2. The summed E-state index contributed by atoms with van der Waals surface area (Å²) in [5, 5.41) is 6.25. The second-order valence-electron chi connectivity index (χ2n) is 7.24. The van der Waals surface area contributed by atoms with Crippen LogP contribution in [0.2, 0.25) is 5.02 Å². The molecule has 1 fully saturated rings. The minimum absolute atomic E-state index is 0.0381. The van der Waals surface area contributed by atoms with E-state index < -0.39 is 0 Å². The van der Waals surface area contributed by atoms with E-state index >= 15 is 0 Å². The van der Waals surface area contributed by atoms with Crippen LogP contribution in [-0.4, -0.2) is 61.4 Å². The lowest BCUT2D eigenvalue weighted by molar-refractivity contribution is -0.117. The second kappa shape index (κ2) is 10.4. The van der Waals surface area contributed by atoms with Crippen molar-refractivity contribution in [3.05, 3.63) is 64.7 Å². The fraction of sp³-hybridized carbons (Fsp3) is 0.364. The minimum atomic E-state index is -0.143. The van der Waals surface area contributed by atoms with Gasteiger partial charge in [0.1, 0.15) is 0 Å². The zero-order valence-electron chi connectivity index (χ0n) is 16.7. The Morgan fingerprint density at radius 2 is 1.59 bits per heavy atom. The summed E-state index contributed by atoms with van der Waals surface area (Å²) < 4.78 is 0. The van der Waals surface area contributed by atoms with Crippen LogP contribution in [0.25, 0.3) is 0 Å². The van der Waals surface area contributed by atoms with E-state index in [-0.39, 0.29) is 11.8 Å². The first-order valence-electron chi connectivity index (χ1n) is 9.84. The maximum Gasteiger partial charge on any atom is 0.251 e. The first kappa shape index (κ1) is 21.3. The fourth-order valence-electron chi connectivity index (χ4n) is 3.44. The first-order valence-corrected chi connectivity index (χ1v) is 10.2. The molecule has 0 radical (unpaired) electrons. The lowest BCUT2D eigenvalue weighted by Crippen LogP contribution is -2.36. The number of amides is 2. The first-order chi connectivity index (χ1) is 14.0. The van der Waals surface area contributed by atoms with E-state index in [4.69, 9.17) is 11.6 Å².